The number of carbonyl (C=O) groups is 1. The third-order valence-electron chi connectivity index (χ3n) is 3.18. The van der Waals surface area contributed by atoms with Gasteiger partial charge in [0.25, 0.3) is 0 Å². The molecule has 20 heavy (non-hydrogen) atoms. The van der Waals surface area contributed by atoms with Crippen LogP contribution in [0.2, 0.25) is 0 Å². The minimum atomic E-state index is -0.0815. The second-order valence-electron chi connectivity index (χ2n) is 5.37. The summed E-state index contributed by atoms with van der Waals surface area (Å²) < 4.78 is 0. The first-order chi connectivity index (χ1) is 9.36. The first-order valence-corrected chi connectivity index (χ1v) is 6.76. The normalized spacial score (nSPS) is 12.3. The Labute approximate surface area is 121 Å². The number of hydrogen-bond acceptors (Lipinski definition) is 5. The summed E-state index contributed by atoms with van der Waals surface area (Å²) in [5.74, 6) is 0.789. The third-order valence-corrected chi connectivity index (χ3v) is 3.18. The van der Waals surface area contributed by atoms with Gasteiger partial charge in [0, 0.05) is 45.6 Å². The first kappa shape index (κ1) is 16.4. The number of hydrogen-bond donors (Lipinski definition) is 0. The predicted molar refractivity (Wildman–Crippen MR) is 80.6 cm³/mol. The number of rotatable bonds is 6. The van der Waals surface area contributed by atoms with E-state index < -0.39 is 0 Å². The maximum atomic E-state index is 12.3. The molecule has 0 aromatic carbocycles. The van der Waals surface area contributed by atoms with Crippen molar-refractivity contribution in [1.82, 2.24) is 19.8 Å². The molecular formula is C14H25N5O. The summed E-state index contributed by atoms with van der Waals surface area (Å²) in [7, 11) is 9.46. The highest BCUT2D eigenvalue weighted by molar-refractivity contribution is 5.81. The van der Waals surface area contributed by atoms with Gasteiger partial charge < -0.3 is 9.80 Å². The van der Waals surface area contributed by atoms with Crippen LogP contribution >= 0.6 is 0 Å². The van der Waals surface area contributed by atoms with Crippen LogP contribution < -0.4 is 4.90 Å². The molecular weight excluding hydrogens is 254 g/mol. The number of aromatic nitrogens is 2. The molecule has 0 aliphatic rings. The molecule has 112 valence electrons. The van der Waals surface area contributed by atoms with Crippen molar-refractivity contribution in [2.45, 2.75) is 25.9 Å². The highest BCUT2D eigenvalue weighted by Crippen LogP contribution is 2.09. The molecule has 6 nitrogen and oxygen atoms in total. The zero-order chi connectivity index (χ0) is 15.3. The molecule has 0 radical (unpaired) electrons. The van der Waals surface area contributed by atoms with Crippen molar-refractivity contribution in [3.63, 3.8) is 0 Å². The van der Waals surface area contributed by atoms with E-state index in [1.807, 2.05) is 52.0 Å². The highest BCUT2D eigenvalue weighted by atomic mass is 16.2. The number of anilines is 1. The summed E-state index contributed by atoms with van der Waals surface area (Å²) in [5.41, 5.74) is 0.931. The van der Waals surface area contributed by atoms with Crippen molar-refractivity contribution in [2.75, 3.05) is 40.1 Å². The molecule has 1 atom stereocenters. The molecule has 1 amide bonds. The van der Waals surface area contributed by atoms with Crippen LogP contribution in [0, 0.1) is 0 Å². The Kier molecular flexibility index (Phi) is 5.88. The van der Waals surface area contributed by atoms with Crippen LogP contribution in [0.5, 0.6) is 0 Å². The topological polar surface area (TPSA) is 52.6 Å². The maximum absolute atomic E-state index is 12.3. The van der Waals surface area contributed by atoms with Gasteiger partial charge in [0.1, 0.15) is 0 Å². The van der Waals surface area contributed by atoms with E-state index in [1.165, 1.54) is 0 Å². The molecule has 0 bridgehead atoms. The van der Waals surface area contributed by atoms with E-state index in [9.17, 15) is 4.79 Å². The Morgan fingerprint density at radius 2 is 1.70 bits per heavy atom. The fourth-order valence-electron chi connectivity index (χ4n) is 2.03. The zero-order valence-electron chi connectivity index (χ0n) is 13.3. The van der Waals surface area contributed by atoms with E-state index in [0.29, 0.717) is 12.5 Å². The van der Waals surface area contributed by atoms with Gasteiger partial charge in [-0.05, 0) is 20.5 Å². The Hall–Kier alpha value is -1.69. The van der Waals surface area contributed by atoms with Gasteiger partial charge in [0.2, 0.25) is 11.9 Å². The van der Waals surface area contributed by atoms with Gasteiger partial charge >= 0.3 is 0 Å². The van der Waals surface area contributed by atoms with Crippen LogP contribution in [-0.2, 0) is 11.3 Å². The SMILES string of the molecule is CC[C@@H](C(=O)N(C)Cc1cnc(N(C)C)nc1)N(C)C. The maximum Gasteiger partial charge on any atom is 0.239 e. The molecule has 1 aromatic heterocycles. The van der Waals surface area contributed by atoms with Gasteiger partial charge in [-0.25, -0.2) is 9.97 Å². The molecule has 1 aromatic rings. The lowest BCUT2D eigenvalue weighted by Crippen LogP contribution is -2.43. The van der Waals surface area contributed by atoms with E-state index in [4.69, 9.17) is 0 Å². The molecule has 6 heteroatoms. The van der Waals surface area contributed by atoms with E-state index in [2.05, 4.69) is 9.97 Å². The molecule has 1 rings (SSSR count). The monoisotopic (exact) mass is 279 g/mol. The summed E-state index contributed by atoms with van der Waals surface area (Å²) in [6.45, 7) is 2.54. The molecule has 0 N–H and O–H groups in total. The Balaban J connectivity index is 2.70. The Bertz CT molecular complexity index is 430. The minimum absolute atomic E-state index is 0.0815. The summed E-state index contributed by atoms with van der Waals surface area (Å²) in [5, 5.41) is 0. The van der Waals surface area contributed by atoms with Crippen LogP contribution in [-0.4, -0.2) is 67.0 Å². The highest BCUT2D eigenvalue weighted by Gasteiger charge is 2.22. The summed E-state index contributed by atoms with van der Waals surface area (Å²) in [4.78, 5) is 26.4. The molecule has 0 spiro atoms. The third kappa shape index (κ3) is 4.16. The van der Waals surface area contributed by atoms with Crippen molar-refractivity contribution in [2.24, 2.45) is 0 Å². The van der Waals surface area contributed by atoms with Gasteiger partial charge in [0.15, 0.2) is 0 Å². The number of nitrogens with zero attached hydrogens (tertiary/aromatic N) is 5. The Morgan fingerprint density at radius 1 is 1.15 bits per heavy atom. The first-order valence-electron chi connectivity index (χ1n) is 6.76. The smallest absolute Gasteiger partial charge is 0.239 e. The van der Waals surface area contributed by atoms with Crippen LogP contribution in [0.25, 0.3) is 0 Å². The van der Waals surface area contributed by atoms with Crippen LogP contribution in [0.15, 0.2) is 12.4 Å². The quantitative estimate of drug-likeness (QED) is 0.772. The van der Waals surface area contributed by atoms with Gasteiger partial charge in [-0.1, -0.05) is 6.92 Å². The average Bonchev–Trinajstić information content (AvgIpc) is 2.39. The molecule has 0 aliphatic heterocycles. The lowest BCUT2D eigenvalue weighted by molar-refractivity contribution is -0.135. The Morgan fingerprint density at radius 3 is 2.10 bits per heavy atom. The van der Waals surface area contributed by atoms with Crippen LogP contribution in [0.4, 0.5) is 5.95 Å². The predicted octanol–water partition coefficient (Wildman–Crippen LogP) is 0.841. The van der Waals surface area contributed by atoms with Gasteiger partial charge in [-0.3, -0.25) is 9.69 Å². The van der Waals surface area contributed by atoms with E-state index >= 15 is 0 Å². The van der Waals surface area contributed by atoms with Crippen LogP contribution in [0.3, 0.4) is 0 Å². The molecule has 0 saturated carbocycles. The molecule has 0 aliphatic carbocycles. The van der Waals surface area contributed by atoms with E-state index in [0.717, 1.165) is 12.0 Å². The second-order valence-corrected chi connectivity index (χ2v) is 5.37. The number of likely N-dealkylation sites (N-methyl/N-ethyl adjacent to an activating group) is 2. The zero-order valence-corrected chi connectivity index (χ0v) is 13.3. The largest absolute Gasteiger partial charge is 0.347 e. The summed E-state index contributed by atoms with van der Waals surface area (Å²) in [6, 6.07) is -0.0815. The van der Waals surface area contributed by atoms with Crippen molar-refractivity contribution in [1.29, 1.82) is 0 Å². The van der Waals surface area contributed by atoms with Crippen molar-refractivity contribution < 1.29 is 4.79 Å². The lowest BCUT2D eigenvalue weighted by Gasteiger charge is -2.27. The molecule has 0 unspecified atom stereocenters. The molecule has 0 fully saturated rings. The molecule has 1 heterocycles. The van der Waals surface area contributed by atoms with E-state index in [1.54, 1.807) is 17.3 Å². The van der Waals surface area contributed by atoms with Crippen molar-refractivity contribution >= 4 is 11.9 Å². The van der Waals surface area contributed by atoms with Gasteiger partial charge in [-0.15, -0.1) is 0 Å². The second kappa shape index (κ2) is 7.19. The van der Waals surface area contributed by atoms with Gasteiger partial charge in [0.05, 0.1) is 6.04 Å². The number of carbonyl (C=O) groups excluding carboxylic acids is 1. The summed E-state index contributed by atoms with van der Waals surface area (Å²) in [6.07, 6.45) is 4.33. The molecule has 0 saturated heterocycles. The fourth-order valence-corrected chi connectivity index (χ4v) is 2.03. The minimum Gasteiger partial charge on any atom is -0.347 e. The summed E-state index contributed by atoms with van der Waals surface area (Å²) >= 11 is 0. The fraction of sp³-hybridized carbons (Fsp3) is 0.643. The van der Waals surface area contributed by atoms with Gasteiger partial charge in [-0.2, -0.15) is 0 Å². The van der Waals surface area contributed by atoms with Crippen molar-refractivity contribution in [3.05, 3.63) is 18.0 Å². The van der Waals surface area contributed by atoms with Crippen molar-refractivity contribution in [3.8, 4) is 0 Å². The van der Waals surface area contributed by atoms with Crippen LogP contribution in [0.1, 0.15) is 18.9 Å². The lowest BCUT2D eigenvalue weighted by atomic mass is 10.1. The average molecular weight is 279 g/mol. The van der Waals surface area contributed by atoms with E-state index in [-0.39, 0.29) is 11.9 Å². The number of amides is 1. The standard InChI is InChI=1S/C14H25N5O/c1-7-12(17(2)3)13(20)19(6)10-11-8-15-14(16-9-11)18(4)5/h8-9,12H,7,10H2,1-6H3/t12-/m0/s1.